The summed E-state index contributed by atoms with van der Waals surface area (Å²) in [5.74, 6) is 0. The van der Waals surface area contributed by atoms with Crippen LogP contribution in [0.15, 0.2) is 17.1 Å². The third-order valence-corrected chi connectivity index (χ3v) is 2.36. The van der Waals surface area contributed by atoms with Gasteiger partial charge in [-0.25, -0.2) is 0 Å². The molecule has 2 rings (SSSR count). The van der Waals surface area contributed by atoms with E-state index in [4.69, 9.17) is 5.73 Å². The lowest BCUT2D eigenvalue weighted by Gasteiger charge is -2.07. The lowest BCUT2D eigenvalue weighted by atomic mass is 10.0. The zero-order valence-electron chi connectivity index (χ0n) is 7.88. The van der Waals surface area contributed by atoms with Crippen molar-refractivity contribution in [3.63, 3.8) is 0 Å². The number of rotatable bonds is 0. The van der Waals surface area contributed by atoms with Crippen molar-refractivity contribution < 1.29 is 0 Å². The summed E-state index contributed by atoms with van der Waals surface area (Å²) >= 11 is 0. The number of benzene rings is 1. The van der Waals surface area contributed by atoms with E-state index in [0.29, 0.717) is 0 Å². The van der Waals surface area contributed by atoms with Gasteiger partial charge in [-0.3, -0.25) is 4.99 Å². The first-order valence-corrected chi connectivity index (χ1v) is 4.69. The molecular weight excluding hydrogens is 160 g/mol. The molecule has 0 radical (unpaired) electrons. The van der Waals surface area contributed by atoms with Gasteiger partial charge in [-0.2, -0.15) is 0 Å². The molecule has 0 saturated carbocycles. The van der Waals surface area contributed by atoms with Crippen LogP contribution in [0.25, 0.3) is 0 Å². The van der Waals surface area contributed by atoms with Crippen LogP contribution >= 0.6 is 0 Å². The van der Waals surface area contributed by atoms with E-state index in [2.05, 4.69) is 18.0 Å². The van der Waals surface area contributed by atoms with E-state index in [1.807, 2.05) is 12.3 Å². The van der Waals surface area contributed by atoms with Gasteiger partial charge >= 0.3 is 0 Å². The highest BCUT2D eigenvalue weighted by atomic mass is 14.8. The number of hydrogen-bond donors (Lipinski definition) is 1. The third kappa shape index (κ3) is 1.57. The van der Waals surface area contributed by atoms with E-state index < -0.39 is 0 Å². The van der Waals surface area contributed by atoms with Gasteiger partial charge in [-0.15, -0.1) is 0 Å². The molecule has 1 aliphatic rings. The van der Waals surface area contributed by atoms with Crippen LogP contribution in [0, 0.1) is 6.92 Å². The first-order valence-electron chi connectivity index (χ1n) is 4.69. The smallest absolute Gasteiger partial charge is 0.0887 e. The highest BCUT2D eigenvalue weighted by Gasteiger charge is 2.08. The van der Waals surface area contributed by atoms with Gasteiger partial charge in [0.05, 0.1) is 11.4 Å². The van der Waals surface area contributed by atoms with Crippen molar-refractivity contribution in [2.24, 2.45) is 4.99 Å². The SMILES string of the molecule is Cc1cc(N)c2c(c1)CCCC=N2. The Hall–Kier alpha value is -1.31. The van der Waals surface area contributed by atoms with Crippen molar-refractivity contribution in [2.45, 2.75) is 26.2 Å². The van der Waals surface area contributed by atoms with Crippen LogP contribution in [-0.2, 0) is 6.42 Å². The largest absolute Gasteiger partial charge is 0.397 e. The Labute approximate surface area is 78.5 Å². The monoisotopic (exact) mass is 174 g/mol. The van der Waals surface area contributed by atoms with Gasteiger partial charge < -0.3 is 5.73 Å². The van der Waals surface area contributed by atoms with Gasteiger partial charge in [0.25, 0.3) is 0 Å². The third-order valence-electron chi connectivity index (χ3n) is 2.36. The molecule has 2 nitrogen and oxygen atoms in total. The van der Waals surface area contributed by atoms with Gasteiger partial charge in [-0.1, -0.05) is 6.07 Å². The molecule has 0 amide bonds. The lowest BCUT2D eigenvalue weighted by Crippen LogP contribution is -1.92. The average molecular weight is 174 g/mol. The van der Waals surface area contributed by atoms with E-state index in [1.165, 1.54) is 17.5 Å². The van der Waals surface area contributed by atoms with Crippen LogP contribution in [-0.4, -0.2) is 6.21 Å². The standard InChI is InChI=1S/C11H14N2/c1-8-6-9-4-2-3-5-13-11(9)10(12)7-8/h5-7H,2-4,12H2,1H3. The zero-order chi connectivity index (χ0) is 9.26. The first kappa shape index (κ1) is 8.30. The van der Waals surface area contributed by atoms with E-state index >= 15 is 0 Å². The van der Waals surface area contributed by atoms with Crippen molar-refractivity contribution in [2.75, 3.05) is 5.73 Å². The number of fused-ring (bicyclic) bond motifs is 1. The number of nitrogens with two attached hydrogens (primary N) is 1. The van der Waals surface area contributed by atoms with Crippen LogP contribution in [0.5, 0.6) is 0 Å². The Morgan fingerprint density at radius 1 is 1.38 bits per heavy atom. The van der Waals surface area contributed by atoms with Crippen molar-refractivity contribution in [1.29, 1.82) is 0 Å². The Balaban J connectivity index is 2.57. The highest BCUT2D eigenvalue weighted by Crippen LogP contribution is 2.31. The zero-order valence-corrected chi connectivity index (χ0v) is 7.88. The number of hydrogen-bond acceptors (Lipinski definition) is 2. The molecule has 0 spiro atoms. The minimum absolute atomic E-state index is 0.813. The predicted molar refractivity (Wildman–Crippen MR) is 56.7 cm³/mol. The van der Waals surface area contributed by atoms with Crippen LogP contribution in [0.3, 0.4) is 0 Å². The Morgan fingerprint density at radius 3 is 3.08 bits per heavy atom. The Morgan fingerprint density at radius 2 is 2.23 bits per heavy atom. The number of aliphatic imine (C=N–C) groups is 1. The van der Waals surface area contributed by atoms with E-state index in [0.717, 1.165) is 24.2 Å². The average Bonchev–Trinajstić information content (AvgIpc) is 2.28. The topological polar surface area (TPSA) is 38.4 Å². The highest BCUT2D eigenvalue weighted by molar-refractivity contribution is 5.75. The second-order valence-corrected chi connectivity index (χ2v) is 3.57. The van der Waals surface area contributed by atoms with Crippen LogP contribution in [0.1, 0.15) is 24.0 Å². The van der Waals surface area contributed by atoms with Gasteiger partial charge in [0.2, 0.25) is 0 Å². The minimum atomic E-state index is 0.813. The molecule has 68 valence electrons. The Bertz CT molecular complexity index is 353. The van der Waals surface area contributed by atoms with Crippen molar-refractivity contribution in [3.8, 4) is 0 Å². The second kappa shape index (κ2) is 3.21. The molecule has 1 aliphatic heterocycles. The number of aryl methyl sites for hydroxylation is 2. The maximum Gasteiger partial charge on any atom is 0.0887 e. The normalized spacial score (nSPS) is 15.2. The maximum absolute atomic E-state index is 5.90. The quantitative estimate of drug-likeness (QED) is 0.603. The molecule has 0 bridgehead atoms. The van der Waals surface area contributed by atoms with Crippen LogP contribution in [0.2, 0.25) is 0 Å². The molecule has 0 atom stereocenters. The lowest BCUT2D eigenvalue weighted by molar-refractivity contribution is 0.884. The molecular formula is C11H14N2. The van der Waals surface area contributed by atoms with Crippen molar-refractivity contribution in [3.05, 3.63) is 23.3 Å². The minimum Gasteiger partial charge on any atom is -0.397 e. The molecule has 0 aromatic heterocycles. The number of nitrogen functional groups attached to an aromatic ring is 1. The first-order chi connectivity index (χ1) is 6.27. The van der Waals surface area contributed by atoms with Crippen molar-refractivity contribution >= 4 is 17.6 Å². The molecule has 2 N–H and O–H groups in total. The maximum atomic E-state index is 5.90. The second-order valence-electron chi connectivity index (χ2n) is 3.57. The van der Waals surface area contributed by atoms with Gasteiger partial charge in [0.1, 0.15) is 0 Å². The number of nitrogens with zero attached hydrogens (tertiary/aromatic N) is 1. The molecule has 1 aromatic rings. The molecule has 0 aliphatic carbocycles. The summed E-state index contributed by atoms with van der Waals surface area (Å²) in [5, 5.41) is 0. The van der Waals surface area contributed by atoms with Gasteiger partial charge in [-0.05, 0) is 43.4 Å². The van der Waals surface area contributed by atoms with Crippen LogP contribution in [0.4, 0.5) is 11.4 Å². The summed E-state index contributed by atoms with van der Waals surface area (Å²) in [4.78, 5) is 4.38. The fourth-order valence-electron chi connectivity index (χ4n) is 1.77. The predicted octanol–water partition coefficient (Wildman–Crippen LogP) is 2.62. The summed E-state index contributed by atoms with van der Waals surface area (Å²) in [5.41, 5.74) is 10.2. The van der Waals surface area contributed by atoms with Gasteiger partial charge in [0, 0.05) is 6.21 Å². The fourth-order valence-corrected chi connectivity index (χ4v) is 1.77. The summed E-state index contributed by atoms with van der Waals surface area (Å²) in [6, 6.07) is 4.18. The fraction of sp³-hybridized carbons (Fsp3) is 0.364. The molecule has 0 fully saturated rings. The van der Waals surface area contributed by atoms with E-state index in [-0.39, 0.29) is 0 Å². The summed E-state index contributed by atoms with van der Waals surface area (Å²) in [7, 11) is 0. The van der Waals surface area contributed by atoms with Crippen molar-refractivity contribution in [1.82, 2.24) is 0 Å². The van der Waals surface area contributed by atoms with E-state index in [1.54, 1.807) is 0 Å². The Kier molecular flexibility index (Phi) is 2.05. The molecule has 2 heteroatoms. The molecule has 0 saturated heterocycles. The molecule has 13 heavy (non-hydrogen) atoms. The summed E-state index contributed by atoms with van der Waals surface area (Å²) < 4.78 is 0. The molecule has 0 unspecified atom stereocenters. The van der Waals surface area contributed by atoms with Crippen LogP contribution < -0.4 is 5.73 Å². The van der Waals surface area contributed by atoms with E-state index in [9.17, 15) is 0 Å². The summed E-state index contributed by atoms with van der Waals surface area (Å²) in [6.07, 6.45) is 5.31. The molecule has 1 aromatic carbocycles. The number of anilines is 1. The summed E-state index contributed by atoms with van der Waals surface area (Å²) in [6.45, 7) is 2.07. The molecule has 1 heterocycles. The van der Waals surface area contributed by atoms with Gasteiger partial charge in [0.15, 0.2) is 0 Å².